The van der Waals surface area contributed by atoms with Crippen LogP contribution in [0.2, 0.25) is 0 Å². The maximum absolute atomic E-state index is 9.33. The van der Waals surface area contributed by atoms with E-state index in [2.05, 4.69) is 4.18 Å². The zero-order chi connectivity index (χ0) is 7.21. The van der Waals surface area contributed by atoms with E-state index in [4.69, 9.17) is 4.55 Å². The molecule has 1 N–H and O–H groups in total. The summed E-state index contributed by atoms with van der Waals surface area (Å²) in [6, 6.07) is 0. The zero-order valence-electron chi connectivity index (χ0n) is 5.08. The van der Waals surface area contributed by atoms with Crippen molar-refractivity contribution in [2.45, 2.75) is 13.8 Å². The number of hydrogen-bond acceptors (Lipinski definition) is 3. The van der Waals surface area contributed by atoms with Gasteiger partial charge in [-0.05, 0) is 0 Å². The van der Waals surface area contributed by atoms with Gasteiger partial charge in [-0.2, -0.15) is 8.42 Å². The molecule has 0 fully saturated rings. The lowest BCUT2D eigenvalue weighted by Crippen LogP contribution is -1.96. The summed E-state index contributed by atoms with van der Waals surface area (Å²) >= 11 is 0. The van der Waals surface area contributed by atoms with Gasteiger partial charge in [-0.15, -0.1) is 0 Å². The third kappa shape index (κ3) is 16.9. The average Bonchev–Trinajstić information content (AvgIpc) is 1.71. The van der Waals surface area contributed by atoms with Crippen LogP contribution in [0.5, 0.6) is 0 Å². The van der Waals surface area contributed by atoms with E-state index in [0.29, 0.717) is 0 Å². The predicted octanol–water partition coefficient (Wildman–Crippen LogP) is 0.462. The summed E-state index contributed by atoms with van der Waals surface area (Å²) in [5.74, 6) is 0. The van der Waals surface area contributed by atoms with E-state index >= 15 is 0 Å². The van der Waals surface area contributed by atoms with Crippen molar-refractivity contribution in [1.29, 1.82) is 0 Å². The lowest BCUT2D eigenvalue weighted by atomic mass is 11.0. The van der Waals surface area contributed by atoms with Gasteiger partial charge in [0.25, 0.3) is 0 Å². The van der Waals surface area contributed by atoms with Crippen LogP contribution < -0.4 is 0 Å². The monoisotopic (exact) mass is 142 g/mol. The summed E-state index contributed by atoms with van der Waals surface area (Å²) in [4.78, 5) is 0. The topological polar surface area (TPSA) is 63.6 Å². The van der Waals surface area contributed by atoms with Crippen LogP contribution in [0.1, 0.15) is 13.8 Å². The van der Waals surface area contributed by atoms with Crippen LogP contribution in [-0.4, -0.2) is 20.1 Å². The van der Waals surface area contributed by atoms with E-state index in [1.54, 1.807) is 0 Å². The highest BCUT2D eigenvalue weighted by atomic mass is 32.3. The molecule has 0 aliphatic heterocycles. The Bertz CT molecular complexity index is 113. The molecule has 8 heavy (non-hydrogen) atoms. The first-order chi connectivity index (χ1) is 3.56. The molecule has 0 saturated carbocycles. The van der Waals surface area contributed by atoms with Gasteiger partial charge in [-0.1, -0.05) is 13.8 Å². The third-order valence-electron chi connectivity index (χ3n) is 0.211. The molecule has 0 amide bonds. The van der Waals surface area contributed by atoms with Crippen LogP contribution in [0.25, 0.3) is 0 Å². The Kier molecular flexibility index (Phi) is 6.76. The minimum atomic E-state index is -4.16. The Labute approximate surface area is 49.4 Å². The molecule has 0 heterocycles. The first-order valence-corrected chi connectivity index (χ1v) is 3.46. The smallest absolute Gasteiger partial charge is 0.264 e. The first kappa shape index (κ1) is 10.8. The highest BCUT2D eigenvalue weighted by Crippen LogP contribution is 1.74. The molecule has 0 aromatic heterocycles. The summed E-state index contributed by atoms with van der Waals surface area (Å²) in [5, 5.41) is 0. The molecule has 0 radical (unpaired) electrons. The van der Waals surface area contributed by atoms with Crippen molar-refractivity contribution < 1.29 is 17.2 Å². The largest absolute Gasteiger partial charge is 0.397 e. The Morgan fingerprint density at radius 2 is 1.50 bits per heavy atom. The predicted molar refractivity (Wildman–Crippen MR) is 29.9 cm³/mol. The van der Waals surface area contributed by atoms with E-state index in [1.807, 2.05) is 13.8 Å². The van der Waals surface area contributed by atoms with Crippen molar-refractivity contribution in [2.24, 2.45) is 0 Å². The first-order valence-electron chi connectivity index (χ1n) is 2.09. The molecule has 0 aliphatic rings. The second-order valence-electron chi connectivity index (χ2n) is 0.594. The van der Waals surface area contributed by atoms with E-state index in [0.717, 1.165) is 7.11 Å². The Balaban J connectivity index is 0. The maximum atomic E-state index is 9.33. The van der Waals surface area contributed by atoms with Crippen LogP contribution in [0, 0.1) is 0 Å². The molecule has 4 nitrogen and oxygen atoms in total. The molecule has 0 spiro atoms. The second-order valence-corrected chi connectivity index (χ2v) is 1.78. The normalized spacial score (nSPS) is 9.50. The Morgan fingerprint density at radius 3 is 1.50 bits per heavy atom. The number of rotatable bonds is 1. The van der Waals surface area contributed by atoms with Gasteiger partial charge in [0.1, 0.15) is 0 Å². The minimum absolute atomic E-state index is 0.870. The van der Waals surface area contributed by atoms with Gasteiger partial charge in [0.2, 0.25) is 0 Å². The van der Waals surface area contributed by atoms with Crippen molar-refractivity contribution in [3.05, 3.63) is 0 Å². The van der Waals surface area contributed by atoms with Crippen molar-refractivity contribution in [3.8, 4) is 0 Å². The van der Waals surface area contributed by atoms with E-state index in [1.165, 1.54) is 0 Å². The van der Waals surface area contributed by atoms with Gasteiger partial charge in [0.05, 0.1) is 7.11 Å². The standard InChI is InChI=1S/C2H6.CH4O4S/c1-2;1-5-6(2,3)4/h1-2H3;1H3,(H,2,3,4). The molecule has 0 rings (SSSR count). The van der Waals surface area contributed by atoms with Crippen molar-refractivity contribution in [1.82, 2.24) is 0 Å². The van der Waals surface area contributed by atoms with E-state index in [9.17, 15) is 8.42 Å². The molecule has 0 aromatic rings. The third-order valence-corrected chi connectivity index (χ3v) is 0.632. The SMILES string of the molecule is CC.COS(=O)(=O)O. The molecule has 0 bridgehead atoms. The average molecular weight is 142 g/mol. The van der Waals surface area contributed by atoms with Crippen LogP contribution in [0.4, 0.5) is 0 Å². The zero-order valence-corrected chi connectivity index (χ0v) is 5.90. The van der Waals surface area contributed by atoms with Gasteiger partial charge in [0.15, 0.2) is 0 Å². The van der Waals surface area contributed by atoms with Crippen molar-refractivity contribution in [2.75, 3.05) is 7.11 Å². The highest BCUT2D eigenvalue weighted by molar-refractivity contribution is 7.80. The minimum Gasteiger partial charge on any atom is -0.264 e. The van der Waals surface area contributed by atoms with E-state index in [-0.39, 0.29) is 0 Å². The van der Waals surface area contributed by atoms with Crippen LogP contribution in [-0.2, 0) is 14.6 Å². The lowest BCUT2D eigenvalue weighted by Gasteiger charge is -1.82. The Morgan fingerprint density at radius 1 is 1.38 bits per heavy atom. The van der Waals surface area contributed by atoms with Gasteiger partial charge in [-0.25, -0.2) is 0 Å². The molecule has 0 aliphatic carbocycles. The van der Waals surface area contributed by atoms with Gasteiger partial charge in [-0.3, -0.25) is 8.74 Å². The summed E-state index contributed by atoms with van der Waals surface area (Å²) in [6.45, 7) is 4.00. The van der Waals surface area contributed by atoms with Gasteiger partial charge in [0, 0.05) is 0 Å². The lowest BCUT2D eigenvalue weighted by molar-refractivity contribution is 0.324. The van der Waals surface area contributed by atoms with Crippen molar-refractivity contribution in [3.63, 3.8) is 0 Å². The molecule has 0 atom stereocenters. The number of hydrogen-bond donors (Lipinski definition) is 1. The molecule has 5 heteroatoms. The molecule has 0 aromatic carbocycles. The summed E-state index contributed by atoms with van der Waals surface area (Å²) < 4.78 is 29.7. The molecule has 52 valence electrons. The van der Waals surface area contributed by atoms with Crippen LogP contribution in [0.3, 0.4) is 0 Å². The van der Waals surface area contributed by atoms with Crippen LogP contribution in [0.15, 0.2) is 0 Å². The summed E-state index contributed by atoms with van der Waals surface area (Å²) in [6.07, 6.45) is 0. The quantitative estimate of drug-likeness (QED) is 0.540. The Hall–Kier alpha value is -0.130. The maximum Gasteiger partial charge on any atom is 0.397 e. The molecular weight excluding hydrogens is 132 g/mol. The second kappa shape index (κ2) is 5.02. The van der Waals surface area contributed by atoms with Gasteiger partial charge < -0.3 is 0 Å². The van der Waals surface area contributed by atoms with E-state index < -0.39 is 10.4 Å². The fraction of sp³-hybridized carbons (Fsp3) is 1.00. The molecule has 0 unspecified atom stereocenters. The fourth-order valence-electron chi connectivity index (χ4n) is 0. The molecule has 0 saturated heterocycles. The highest BCUT2D eigenvalue weighted by Gasteiger charge is 1.93. The van der Waals surface area contributed by atoms with Gasteiger partial charge >= 0.3 is 10.4 Å². The summed E-state index contributed by atoms with van der Waals surface area (Å²) in [7, 11) is -3.29. The van der Waals surface area contributed by atoms with Crippen molar-refractivity contribution >= 4 is 10.4 Å². The van der Waals surface area contributed by atoms with Crippen LogP contribution >= 0.6 is 0 Å². The molecular formula is C3H10O4S. The summed E-state index contributed by atoms with van der Waals surface area (Å²) in [5.41, 5.74) is 0. The fourth-order valence-corrected chi connectivity index (χ4v) is 0.